The average Bonchev–Trinajstić information content (AvgIpc) is 2.84. The molecule has 0 radical (unpaired) electrons. The van der Waals surface area contributed by atoms with Crippen LogP contribution >= 0.6 is 0 Å². The van der Waals surface area contributed by atoms with E-state index in [1.165, 1.54) is 62.5 Å². The zero-order chi connectivity index (χ0) is 26.2. The fraction of sp³-hybridized carbons (Fsp3) is 0.594. The van der Waals surface area contributed by atoms with E-state index in [-0.39, 0.29) is 11.9 Å². The summed E-state index contributed by atoms with van der Waals surface area (Å²) in [5.74, 6) is 0.419. The molecule has 4 nitrogen and oxygen atoms in total. The molecule has 0 N–H and O–H groups in total. The minimum atomic E-state index is -0.616. The quantitative estimate of drug-likeness (QED) is 0.0909. The molecule has 2 aromatic carbocycles. The lowest BCUT2D eigenvalue weighted by molar-refractivity contribution is -0.906. The highest BCUT2D eigenvalue weighted by Gasteiger charge is 2.29. The Morgan fingerprint density at radius 3 is 2.14 bits per heavy atom. The standard InChI is InChI=1S/C32H50NO3/c1-6-8-9-10-11-12-13-15-19-28-22-18-23-31(24-28)35-27(3)36-32(34)30(7-2)26-33(4,5)25-29-20-16-14-17-21-29/h14,16-18,20-24,27,30H,6-13,15,19,25-26H2,1-5H3/q+1. The fourth-order valence-corrected chi connectivity index (χ4v) is 4.82. The molecule has 0 amide bonds. The summed E-state index contributed by atoms with van der Waals surface area (Å²) in [5, 5.41) is 0. The van der Waals surface area contributed by atoms with Crippen molar-refractivity contribution < 1.29 is 18.8 Å². The first-order chi connectivity index (χ1) is 17.3. The predicted octanol–water partition coefficient (Wildman–Crippen LogP) is 7.94. The number of esters is 1. The molecule has 0 saturated heterocycles. The van der Waals surface area contributed by atoms with Gasteiger partial charge in [-0.3, -0.25) is 4.79 Å². The second-order valence-corrected chi connectivity index (χ2v) is 10.9. The highest BCUT2D eigenvalue weighted by molar-refractivity contribution is 5.72. The van der Waals surface area contributed by atoms with Crippen molar-refractivity contribution in [3.63, 3.8) is 0 Å². The third-order valence-corrected chi connectivity index (χ3v) is 6.80. The van der Waals surface area contributed by atoms with Crippen LogP contribution in [0.15, 0.2) is 54.6 Å². The minimum Gasteiger partial charge on any atom is -0.455 e. The van der Waals surface area contributed by atoms with Crippen molar-refractivity contribution in [2.75, 3.05) is 20.6 Å². The summed E-state index contributed by atoms with van der Waals surface area (Å²) in [6, 6.07) is 18.6. The predicted molar refractivity (Wildman–Crippen MR) is 150 cm³/mol. The molecule has 0 aliphatic carbocycles. The summed E-state index contributed by atoms with van der Waals surface area (Å²) in [6.45, 7) is 7.72. The number of hydrogen-bond donors (Lipinski definition) is 0. The van der Waals surface area contributed by atoms with E-state index in [9.17, 15) is 4.79 Å². The van der Waals surface area contributed by atoms with Crippen LogP contribution in [0.25, 0.3) is 0 Å². The molecule has 2 atom stereocenters. The van der Waals surface area contributed by atoms with Crippen molar-refractivity contribution >= 4 is 5.97 Å². The van der Waals surface area contributed by atoms with Gasteiger partial charge in [0.25, 0.3) is 0 Å². The van der Waals surface area contributed by atoms with Gasteiger partial charge in [0.15, 0.2) is 0 Å². The molecule has 36 heavy (non-hydrogen) atoms. The van der Waals surface area contributed by atoms with Gasteiger partial charge >= 0.3 is 5.97 Å². The first-order valence-corrected chi connectivity index (χ1v) is 14.1. The van der Waals surface area contributed by atoms with Gasteiger partial charge in [-0.25, -0.2) is 0 Å². The molecule has 200 valence electrons. The number of carbonyl (C=O) groups excluding carboxylic acids is 1. The van der Waals surface area contributed by atoms with Crippen LogP contribution in [0.4, 0.5) is 0 Å². The maximum atomic E-state index is 12.9. The second kappa shape index (κ2) is 16.4. The van der Waals surface area contributed by atoms with Gasteiger partial charge in [-0.1, -0.05) is 101 Å². The largest absolute Gasteiger partial charge is 0.455 e. The lowest BCUT2D eigenvalue weighted by atomic mass is 10.0. The number of nitrogens with zero attached hydrogens (tertiary/aromatic N) is 1. The number of ether oxygens (including phenoxy) is 2. The van der Waals surface area contributed by atoms with Gasteiger partial charge in [0.2, 0.25) is 6.29 Å². The van der Waals surface area contributed by atoms with Gasteiger partial charge in [-0.05, 0) is 37.0 Å². The maximum Gasteiger partial charge on any atom is 0.317 e. The Hall–Kier alpha value is -2.33. The van der Waals surface area contributed by atoms with E-state index in [4.69, 9.17) is 9.47 Å². The molecule has 0 aliphatic heterocycles. The van der Waals surface area contributed by atoms with Crippen LogP contribution in [0, 0.1) is 5.92 Å². The van der Waals surface area contributed by atoms with Crippen molar-refractivity contribution in [3.05, 3.63) is 65.7 Å². The average molecular weight is 497 g/mol. The van der Waals surface area contributed by atoms with Gasteiger partial charge in [0.1, 0.15) is 18.2 Å². The first kappa shape index (κ1) is 29.9. The lowest BCUT2D eigenvalue weighted by Crippen LogP contribution is -2.45. The number of unbranched alkanes of at least 4 members (excludes halogenated alkanes) is 7. The van der Waals surface area contributed by atoms with Crippen molar-refractivity contribution in [1.82, 2.24) is 0 Å². The maximum absolute atomic E-state index is 12.9. The van der Waals surface area contributed by atoms with Crippen molar-refractivity contribution in [2.45, 2.75) is 97.8 Å². The van der Waals surface area contributed by atoms with Gasteiger partial charge < -0.3 is 14.0 Å². The van der Waals surface area contributed by atoms with Crippen LogP contribution < -0.4 is 4.74 Å². The third kappa shape index (κ3) is 12.1. The first-order valence-electron chi connectivity index (χ1n) is 14.1. The summed E-state index contributed by atoms with van der Waals surface area (Å²) in [4.78, 5) is 12.9. The Morgan fingerprint density at radius 1 is 0.833 bits per heavy atom. The van der Waals surface area contributed by atoms with Crippen molar-refractivity contribution in [2.24, 2.45) is 5.92 Å². The topological polar surface area (TPSA) is 35.5 Å². The van der Waals surface area contributed by atoms with Crippen LogP contribution in [0.3, 0.4) is 0 Å². The Morgan fingerprint density at radius 2 is 1.47 bits per heavy atom. The van der Waals surface area contributed by atoms with Crippen LogP contribution in [-0.4, -0.2) is 37.4 Å². The number of carbonyl (C=O) groups is 1. The molecule has 0 bridgehead atoms. The number of hydrogen-bond acceptors (Lipinski definition) is 3. The zero-order valence-corrected chi connectivity index (χ0v) is 23.5. The van der Waals surface area contributed by atoms with Gasteiger partial charge in [0, 0.05) is 12.5 Å². The van der Waals surface area contributed by atoms with Gasteiger partial charge in [-0.15, -0.1) is 0 Å². The van der Waals surface area contributed by atoms with E-state index in [1.807, 2.05) is 18.2 Å². The summed E-state index contributed by atoms with van der Waals surface area (Å²) in [6.07, 6.45) is 11.8. The monoisotopic (exact) mass is 496 g/mol. The Kier molecular flexibility index (Phi) is 13.6. The van der Waals surface area contributed by atoms with Crippen LogP contribution in [0.1, 0.15) is 89.7 Å². The highest BCUT2D eigenvalue weighted by Crippen LogP contribution is 2.20. The molecular formula is C32H50NO3+. The molecule has 2 unspecified atom stereocenters. The Balaban J connectivity index is 1.77. The molecule has 0 saturated carbocycles. The molecule has 0 aliphatic rings. The van der Waals surface area contributed by atoms with E-state index in [0.29, 0.717) is 0 Å². The zero-order valence-electron chi connectivity index (χ0n) is 23.5. The molecule has 0 spiro atoms. The summed E-state index contributed by atoms with van der Waals surface area (Å²) >= 11 is 0. The minimum absolute atomic E-state index is 0.164. The van der Waals surface area contributed by atoms with Gasteiger partial charge in [0.05, 0.1) is 20.6 Å². The SMILES string of the molecule is CCCCCCCCCCc1cccc(OC(C)OC(=O)C(CC)C[N+](C)(C)Cc2ccccc2)c1. The molecule has 0 heterocycles. The van der Waals surface area contributed by atoms with Crippen LogP contribution in [0.2, 0.25) is 0 Å². The van der Waals surface area contributed by atoms with E-state index in [0.717, 1.165) is 36.2 Å². The van der Waals surface area contributed by atoms with Crippen molar-refractivity contribution in [3.8, 4) is 5.75 Å². The summed E-state index contributed by atoms with van der Waals surface area (Å²) in [5.41, 5.74) is 2.55. The third-order valence-electron chi connectivity index (χ3n) is 6.80. The van der Waals surface area contributed by atoms with Crippen LogP contribution in [0.5, 0.6) is 5.75 Å². The van der Waals surface area contributed by atoms with Crippen molar-refractivity contribution in [1.29, 1.82) is 0 Å². The normalized spacial score (nSPS) is 13.2. The number of benzene rings is 2. The van der Waals surface area contributed by atoms with Gasteiger partial charge in [-0.2, -0.15) is 0 Å². The van der Waals surface area contributed by atoms with E-state index < -0.39 is 6.29 Å². The molecule has 4 heteroatoms. The number of rotatable bonds is 18. The smallest absolute Gasteiger partial charge is 0.317 e. The summed E-state index contributed by atoms with van der Waals surface area (Å²) in [7, 11) is 4.33. The van der Waals surface area contributed by atoms with E-state index in [1.54, 1.807) is 6.92 Å². The lowest BCUT2D eigenvalue weighted by Gasteiger charge is -2.33. The Bertz CT molecular complexity index is 865. The number of quaternary nitrogens is 1. The molecule has 0 aromatic heterocycles. The molecule has 2 aromatic rings. The second-order valence-electron chi connectivity index (χ2n) is 10.9. The Labute approximate surface area is 220 Å². The highest BCUT2D eigenvalue weighted by atomic mass is 16.7. The molecule has 0 fully saturated rings. The fourth-order valence-electron chi connectivity index (χ4n) is 4.82. The number of aryl methyl sites for hydroxylation is 1. The van der Waals surface area contributed by atoms with E-state index >= 15 is 0 Å². The molecular weight excluding hydrogens is 446 g/mol. The van der Waals surface area contributed by atoms with Crippen LogP contribution in [-0.2, 0) is 22.5 Å². The van der Waals surface area contributed by atoms with E-state index in [2.05, 4.69) is 64.3 Å². The molecule has 2 rings (SSSR count). The summed E-state index contributed by atoms with van der Waals surface area (Å²) < 4.78 is 12.4.